The van der Waals surface area contributed by atoms with Crippen LogP contribution in [0.2, 0.25) is 0 Å². The van der Waals surface area contributed by atoms with Crippen LogP contribution in [-0.4, -0.2) is 20.2 Å². The van der Waals surface area contributed by atoms with Gasteiger partial charge in [-0.3, -0.25) is 0 Å². The highest BCUT2D eigenvalue weighted by Gasteiger charge is 2.20. The second-order valence-corrected chi connectivity index (χ2v) is 6.93. The topological polar surface area (TPSA) is 57.4 Å². The number of fused-ring (bicyclic) bond motifs is 4. The smallest absolute Gasteiger partial charge is 0.161 e. The number of rotatable bonds is 2. The summed E-state index contributed by atoms with van der Waals surface area (Å²) in [6.07, 6.45) is 2.08. The molecule has 0 atom stereocenters. The molecule has 132 valence electrons. The predicted molar refractivity (Wildman–Crippen MR) is 114 cm³/mol. The SMILES string of the molecule is c1ccc(-c2nnc3[nH]c4ccccc4c3c2-c2c[nH]c3ccccc23)cc1. The third-order valence-electron chi connectivity index (χ3n) is 5.33. The van der Waals surface area contributed by atoms with E-state index in [9.17, 15) is 0 Å². The van der Waals surface area contributed by atoms with Gasteiger partial charge in [-0.1, -0.05) is 66.7 Å². The molecule has 4 nitrogen and oxygen atoms in total. The highest BCUT2D eigenvalue weighted by Crippen LogP contribution is 2.41. The van der Waals surface area contributed by atoms with E-state index in [2.05, 4.69) is 74.9 Å². The van der Waals surface area contributed by atoms with Crippen molar-refractivity contribution in [1.29, 1.82) is 0 Å². The van der Waals surface area contributed by atoms with Crippen LogP contribution in [0.4, 0.5) is 0 Å². The molecule has 6 rings (SSSR count). The van der Waals surface area contributed by atoms with E-state index in [0.717, 1.165) is 49.8 Å². The molecule has 0 saturated carbocycles. The lowest BCUT2D eigenvalue weighted by Crippen LogP contribution is -1.94. The fourth-order valence-electron chi connectivity index (χ4n) is 4.06. The summed E-state index contributed by atoms with van der Waals surface area (Å²) in [5.74, 6) is 0. The molecule has 0 aliphatic carbocycles. The lowest BCUT2D eigenvalue weighted by Gasteiger charge is -2.10. The lowest BCUT2D eigenvalue weighted by molar-refractivity contribution is 1.07. The minimum Gasteiger partial charge on any atom is -0.361 e. The molecule has 0 spiro atoms. The van der Waals surface area contributed by atoms with Crippen LogP contribution in [0.1, 0.15) is 0 Å². The van der Waals surface area contributed by atoms with Crippen molar-refractivity contribution in [3.05, 3.63) is 85.1 Å². The van der Waals surface area contributed by atoms with Crippen LogP contribution in [0.3, 0.4) is 0 Å². The number of benzene rings is 3. The third kappa shape index (κ3) is 2.12. The van der Waals surface area contributed by atoms with Crippen molar-refractivity contribution in [2.24, 2.45) is 0 Å². The molecule has 28 heavy (non-hydrogen) atoms. The monoisotopic (exact) mass is 360 g/mol. The molecule has 0 unspecified atom stereocenters. The van der Waals surface area contributed by atoms with Crippen LogP contribution in [0.15, 0.2) is 85.1 Å². The molecule has 0 aliphatic heterocycles. The predicted octanol–water partition coefficient (Wildman–Crippen LogP) is 5.93. The van der Waals surface area contributed by atoms with Crippen LogP contribution in [-0.2, 0) is 0 Å². The number of nitrogens with one attached hydrogen (secondary N) is 2. The molecule has 0 saturated heterocycles. The Balaban J connectivity index is 1.82. The fourth-order valence-corrected chi connectivity index (χ4v) is 4.06. The largest absolute Gasteiger partial charge is 0.361 e. The van der Waals surface area contributed by atoms with Crippen molar-refractivity contribution in [1.82, 2.24) is 20.2 Å². The Labute approximate surface area is 160 Å². The van der Waals surface area contributed by atoms with Crippen molar-refractivity contribution in [2.45, 2.75) is 0 Å². The zero-order valence-electron chi connectivity index (χ0n) is 15.0. The molecule has 6 aromatic rings. The molecular formula is C24H16N4. The van der Waals surface area contributed by atoms with Gasteiger partial charge in [0.2, 0.25) is 0 Å². The van der Waals surface area contributed by atoms with E-state index in [0.29, 0.717) is 0 Å². The average Bonchev–Trinajstić information content (AvgIpc) is 3.35. The summed E-state index contributed by atoms with van der Waals surface area (Å²) in [5, 5.41) is 12.6. The maximum absolute atomic E-state index is 4.64. The molecule has 0 radical (unpaired) electrons. The van der Waals surface area contributed by atoms with Gasteiger partial charge in [-0.05, 0) is 12.1 Å². The average molecular weight is 360 g/mol. The summed E-state index contributed by atoms with van der Waals surface area (Å²) < 4.78 is 0. The molecule has 0 aliphatic rings. The first kappa shape index (κ1) is 15.2. The Hall–Kier alpha value is -3.92. The second-order valence-electron chi connectivity index (χ2n) is 6.93. The third-order valence-corrected chi connectivity index (χ3v) is 5.33. The van der Waals surface area contributed by atoms with Crippen molar-refractivity contribution in [3.8, 4) is 22.4 Å². The first-order valence-electron chi connectivity index (χ1n) is 9.29. The highest BCUT2D eigenvalue weighted by atomic mass is 15.1. The van der Waals surface area contributed by atoms with Crippen molar-refractivity contribution >= 4 is 32.8 Å². The Bertz CT molecular complexity index is 1460. The van der Waals surface area contributed by atoms with E-state index in [1.54, 1.807) is 0 Å². The van der Waals surface area contributed by atoms with Crippen molar-refractivity contribution in [3.63, 3.8) is 0 Å². The Morgan fingerprint density at radius 1 is 0.643 bits per heavy atom. The molecule has 2 N–H and O–H groups in total. The summed E-state index contributed by atoms with van der Waals surface area (Å²) in [5.41, 5.74) is 7.18. The number of H-pyrrole nitrogens is 2. The summed E-state index contributed by atoms with van der Waals surface area (Å²) in [7, 11) is 0. The van der Waals surface area contributed by atoms with Gasteiger partial charge in [0.25, 0.3) is 0 Å². The number of aromatic nitrogens is 4. The number of para-hydroxylation sites is 2. The zero-order chi connectivity index (χ0) is 18.5. The molecule has 0 fully saturated rings. The lowest BCUT2D eigenvalue weighted by atomic mass is 9.95. The molecule has 4 heteroatoms. The molecule has 3 aromatic heterocycles. The van der Waals surface area contributed by atoms with Crippen LogP contribution in [0.25, 0.3) is 55.2 Å². The van der Waals surface area contributed by atoms with E-state index >= 15 is 0 Å². The quantitative estimate of drug-likeness (QED) is 0.402. The molecule has 0 amide bonds. The van der Waals surface area contributed by atoms with E-state index in [4.69, 9.17) is 0 Å². The first-order chi connectivity index (χ1) is 13.9. The van der Waals surface area contributed by atoms with Crippen LogP contribution in [0, 0.1) is 0 Å². The van der Waals surface area contributed by atoms with Gasteiger partial charge in [-0.15, -0.1) is 10.2 Å². The Kier molecular flexibility index (Phi) is 3.14. The second kappa shape index (κ2) is 5.79. The number of aromatic amines is 2. The van der Waals surface area contributed by atoms with E-state index in [1.165, 1.54) is 5.39 Å². The van der Waals surface area contributed by atoms with Gasteiger partial charge in [0.05, 0.1) is 0 Å². The van der Waals surface area contributed by atoms with Gasteiger partial charge in [0.15, 0.2) is 5.65 Å². The normalized spacial score (nSPS) is 11.6. The summed E-state index contributed by atoms with van der Waals surface area (Å²) in [6, 6.07) is 27.0. The summed E-state index contributed by atoms with van der Waals surface area (Å²) in [4.78, 5) is 6.84. The molecule has 0 bridgehead atoms. The van der Waals surface area contributed by atoms with Gasteiger partial charge in [-0.25, -0.2) is 0 Å². The maximum Gasteiger partial charge on any atom is 0.161 e. The van der Waals surface area contributed by atoms with Crippen molar-refractivity contribution in [2.75, 3.05) is 0 Å². The van der Waals surface area contributed by atoms with Gasteiger partial charge in [0.1, 0.15) is 5.69 Å². The van der Waals surface area contributed by atoms with Crippen LogP contribution < -0.4 is 0 Å². The number of hydrogen-bond donors (Lipinski definition) is 2. The number of nitrogens with zero attached hydrogens (tertiary/aromatic N) is 2. The molecule has 3 aromatic carbocycles. The van der Waals surface area contributed by atoms with Gasteiger partial charge in [-0.2, -0.15) is 0 Å². The van der Waals surface area contributed by atoms with Gasteiger partial charge in [0, 0.05) is 50.1 Å². The molecular weight excluding hydrogens is 344 g/mol. The summed E-state index contributed by atoms with van der Waals surface area (Å²) in [6.45, 7) is 0. The van der Waals surface area contributed by atoms with E-state index < -0.39 is 0 Å². The van der Waals surface area contributed by atoms with Crippen LogP contribution >= 0.6 is 0 Å². The minimum atomic E-state index is 0.807. The van der Waals surface area contributed by atoms with E-state index in [-0.39, 0.29) is 0 Å². The highest BCUT2D eigenvalue weighted by molar-refractivity contribution is 6.18. The zero-order valence-corrected chi connectivity index (χ0v) is 15.0. The van der Waals surface area contributed by atoms with Gasteiger partial charge >= 0.3 is 0 Å². The Morgan fingerprint density at radius 3 is 2.21 bits per heavy atom. The van der Waals surface area contributed by atoms with Gasteiger partial charge < -0.3 is 9.97 Å². The fraction of sp³-hybridized carbons (Fsp3) is 0. The molecule has 3 heterocycles. The van der Waals surface area contributed by atoms with E-state index in [1.807, 2.05) is 30.3 Å². The first-order valence-corrected chi connectivity index (χ1v) is 9.29. The summed E-state index contributed by atoms with van der Waals surface area (Å²) >= 11 is 0. The Morgan fingerprint density at radius 2 is 1.36 bits per heavy atom. The maximum atomic E-state index is 4.64. The van der Waals surface area contributed by atoms with Crippen LogP contribution in [0.5, 0.6) is 0 Å². The van der Waals surface area contributed by atoms with Crippen molar-refractivity contribution < 1.29 is 0 Å². The number of hydrogen-bond acceptors (Lipinski definition) is 2. The minimum absolute atomic E-state index is 0.807. The standard InChI is InChI=1S/C24H16N4/c1-2-8-15(9-3-1)23-21(18-14-25-19-12-6-4-10-16(18)19)22-17-11-5-7-13-20(17)26-24(22)28-27-23/h1-14,25H,(H,26,28).